The van der Waals surface area contributed by atoms with Crippen LogP contribution in [0.5, 0.6) is 0 Å². The van der Waals surface area contributed by atoms with Gasteiger partial charge in [-0.2, -0.15) is 0 Å². The SMILES string of the molecule is NC(=O)C1(CNc2nc(-c3cccnc3)nc3sc4c(c23)CCC4)CCOCC1. The number of carbonyl (C=O) groups is 1. The molecule has 0 unspecified atom stereocenters. The summed E-state index contributed by atoms with van der Waals surface area (Å²) in [5, 5.41) is 4.58. The van der Waals surface area contributed by atoms with Gasteiger partial charge >= 0.3 is 0 Å². The predicted octanol–water partition coefficient (Wildman–Crippen LogP) is 2.94. The summed E-state index contributed by atoms with van der Waals surface area (Å²) in [5.74, 6) is 1.16. The van der Waals surface area contributed by atoms with Crippen molar-refractivity contribution in [2.24, 2.45) is 11.1 Å². The number of nitrogens with one attached hydrogen (secondary N) is 1. The molecule has 3 aromatic heterocycles. The molecule has 2 aliphatic rings. The number of amides is 1. The first-order valence-electron chi connectivity index (χ1n) is 10.0. The van der Waals surface area contributed by atoms with Gasteiger partial charge in [0.1, 0.15) is 10.6 Å². The topological polar surface area (TPSA) is 103 Å². The molecule has 1 fully saturated rings. The van der Waals surface area contributed by atoms with Gasteiger partial charge < -0.3 is 15.8 Å². The molecule has 0 atom stereocenters. The van der Waals surface area contributed by atoms with Gasteiger partial charge in [0, 0.05) is 42.6 Å². The van der Waals surface area contributed by atoms with Crippen molar-refractivity contribution in [1.82, 2.24) is 15.0 Å². The Hall–Kier alpha value is -2.58. The molecule has 150 valence electrons. The highest BCUT2D eigenvalue weighted by atomic mass is 32.1. The van der Waals surface area contributed by atoms with Gasteiger partial charge in [-0.05, 0) is 49.8 Å². The Kier molecular flexibility index (Phi) is 4.67. The van der Waals surface area contributed by atoms with Crippen LogP contribution in [-0.4, -0.2) is 40.6 Å². The van der Waals surface area contributed by atoms with Gasteiger partial charge in [-0.3, -0.25) is 9.78 Å². The summed E-state index contributed by atoms with van der Waals surface area (Å²) in [6.07, 6.45) is 8.08. The number of ether oxygens (including phenoxy) is 1. The molecule has 3 N–H and O–H groups in total. The summed E-state index contributed by atoms with van der Waals surface area (Å²) in [6, 6.07) is 3.84. The van der Waals surface area contributed by atoms with Crippen molar-refractivity contribution in [3.05, 3.63) is 35.0 Å². The number of thiophene rings is 1. The summed E-state index contributed by atoms with van der Waals surface area (Å²) in [6.45, 7) is 1.56. The van der Waals surface area contributed by atoms with Crippen LogP contribution < -0.4 is 11.1 Å². The van der Waals surface area contributed by atoms with Crippen molar-refractivity contribution in [1.29, 1.82) is 0 Å². The molecule has 29 heavy (non-hydrogen) atoms. The van der Waals surface area contributed by atoms with Crippen molar-refractivity contribution in [2.75, 3.05) is 25.1 Å². The van der Waals surface area contributed by atoms with Crippen molar-refractivity contribution < 1.29 is 9.53 Å². The van der Waals surface area contributed by atoms with E-state index in [0.717, 1.165) is 34.4 Å². The van der Waals surface area contributed by atoms with Crippen LogP contribution in [0.2, 0.25) is 0 Å². The maximum atomic E-state index is 12.3. The molecule has 8 heteroatoms. The van der Waals surface area contributed by atoms with E-state index in [1.807, 2.05) is 12.1 Å². The fraction of sp³-hybridized carbons (Fsp3) is 0.429. The number of anilines is 1. The lowest BCUT2D eigenvalue weighted by Crippen LogP contribution is -2.46. The minimum Gasteiger partial charge on any atom is -0.381 e. The van der Waals surface area contributed by atoms with Crippen LogP contribution in [0.3, 0.4) is 0 Å². The van der Waals surface area contributed by atoms with Gasteiger partial charge in [-0.25, -0.2) is 9.97 Å². The predicted molar refractivity (Wildman–Crippen MR) is 113 cm³/mol. The number of nitrogens with zero attached hydrogens (tertiary/aromatic N) is 3. The molecular formula is C21H23N5O2S. The zero-order valence-corrected chi connectivity index (χ0v) is 16.9. The Morgan fingerprint density at radius 3 is 2.90 bits per heavy atom. The quantitative estimate of drug-likeness (QED) is 0.672. The van der Waals surface area contributed by atoms with Crippen LogP contribution in [0.4, 0.5) is 5.82 Å². The molecule has 0 spiro atoms. The summed E-state index contributed by atoms with van der Waals surface area (Å²) < 4.78 is 5.46. The van der Waals surface area contributed by atoms with Crippen molar-refractivity contribution in [2.45, 2.75) is 32.1 Å². The number of hydrogen-bond donors (Lipinski definition) is 2. The number of hydrogen-bond acceptors (Lipinski definition) is 7. The Morgan fingerprint density at radius 1 is 1.28 bits per heavy atom. The number of rotatable bonds is 5. The van der Waals surface area contributed by atoms with Crippen molar-refractivity contribution >= 4 is 33.3 Å². The second kappa shape index (κ2) is 7.35. The highest BCUT2D eigenvalue weighted by molar-refractivity contribution is 7.19. The number of fused-ring (bicyclic) bond motifs is 3. The van der Waals surface area contributed by atoms with Gasteiger partial charge in [0.15, 0.2) is 5.82 Å². The maximum absolute atomic E-state index is 12.3. The van der Waals surface area contributed by atoms with E-state index in [-0.39, 0.29) is 5.91 Å². The molecule has 1 aliphatic heterocycles. The van der Waals surface area contributed by atoms with Crippen LogP contribution in [0.1, 0.15) is 29.7 Å². The van der Waals surface area contributed by atoms with E-state index >= 15 is 0 Å². The minimum absolute atomic E-state index is 0.276. The Morgan fingerprint density at radius 2 is 2.14 bits per heavy atom. The Balaban J connectivity index is 1.57. The average Bonchev–Trinajstić information content (AvgIpc) is 3.34. The molecule has 4 heterocycles. The van der Waals surface area contributed by atoms with E-state index in [0.29, 0.717) is 38.4 Å². The van der Waals surface area contributed by atoms with Crippen LogP contribution in [0.25, 0.3) is 21.6 Å². The first kappa shape index (κ1) is 18.4. The molecule has 1 amide bonds. The largest absolute Gasteiger partial charge is 0.381 e. The third kappa shape index (κ3) is 3.26. The van der Waals surface area contributed by atoms with Gasteiger partial charge in [0.05, 0.1) is 10.8 Å². The van der Waals surface area contributed by atoms with Gasteiger partial charge in [0.2, 0.25) is 5.91 Å². The van der Waals surface area contributed by atoms with Gasteiger partial charge in [-0.1, -0.05) is 0 Å². The summed E-state index contributed by atoms with van der Waals surface area (Å²) in [5.41, 5.74) is 7.42. The first-order valence-corrected chi connectivity index (χ1v) is 10.8. The van der Waals surface area contributed by atoms with Crippen molar-refractivity contribution in [3.8, 4) is 11.4 Å². The van der Waals surface area contributed by atoms with Crippen LogP contribution in [-0.2, 0) is 22.4 Å². The van der Waals surface area contributed by atoms with Gasteiger partial charge in [-0.15, -0.1) is 11.3 Å². The normalized spacial score (nSPS) is 17.9. The second-order valence-electron chi connectivity index (χ2n) is 7.79. The molecular weight excluding hydrogens is 386 g/mol. The highest BCUT2D eigenvalue weighted by Crippen LogP contribution is 2.41. The second-order valence-corrected chi connectivity index (χ2v) is 8.87. The molecule has 3 aromatic rings. The van der Waals surface area contributed by atoms with Crippen LogP contribution >= 0.6 is 11.3 Å². The Bertz CT molecular complexity index is 1060. The highest BCUT2D eigenvalue weighted by Gasteiger charge is 2.38. The number of pyridine rings is 1. The summed E-state index contributed by atoms with van der Waals surface area (Å²) in [4.78, 5) is 28.6. The van der Waals surface area contributed by atoms with E-state index in [1.165, 1.54) is 16.9 Å². The number of carbonyl (C=O) groups excluding carboxylic acids is 1. The number of nitrogens with two attached hydrogens (primary N) is 1. The van der Waals surface area contributed by atoms with Crippen LogP contribution in [0, 0.1) is 5.41 Å². The van der Waals surface area contributed by atoms with Gasteiger partial charge in [0.25, 0.3) is 0 Å². The zero-order valence-electron chi connectivity index (χ0n) is 16.1. The molecule has 5 rings (SSSR count). The average molecular weight is 410 g/mol. The third-order valence-electron chi connectivity index (χ3n) is 6.05. The summed E-state index contributed by atoms with van der Waals surface area (Å²) in [7, 11) is 0. The molecule has 0 radical (unpaired) electrons. The van der Waals surface area contributed by atoms with Crippen molar-refractivity contribution in [3.63, 3.8) is 0 Å². The lowest BCUT2D eigenvalue weighted by Gasteiger charge is -2.34. The minimum atomic E-state index is -0.608. The van der Waals surface area contributed by atoms with E-state index in [1.54, 1.807) is 23.7 Å². The number of primary amides is 1. The maximum Gasteiger partial charge on any atom is 0.225 e. The fourth-order valence-electron chi connectivity index (χ4n) is 4.27. The van der Waals surface area contributed by atoms with E-state index in [4.69, 9.17) is 20.4 Å². The van der Waals surface area contributed by atoms with E-state index in [9.17, 15) is 4.79 Å². The Labute approximate surface area is 172 Å². The standard InChI is InChI=1S/C21H23N5O2S/c22-20(27)21(6-9-28-10-7-21)12-24-18-16-14-4-1-5-15(14)29-19(16)26-17(25-18)13-3-2-8-23-11-13/h2-3,8,11H,1,4-7,9-10,12H2,(H2,22,27)(H,24,25,26). The smallest absolute Gasteiger partial charge is 0.225 e. The monoisotopic (exact) mass is 409 g/mol. The van der Waals surface area contributed by atoms with E-state index < -0.39 is 5.41 Å². The number of aryl methyl sites for hydroxylation is 2. The lowest BCUT2D eigenvalue weighted by molar-refractivity contribution is -0.132. The van der Waals surface area contributed by atoms with Crippen LogP contribution in [0.15, 0.2) is 24.5 Å². The molecule has 1 aliphatic carbocycles. The molecule has 0 saturated carbocycles. The number of aromatic nitrogens is 3. The molecule has 7 nitrogen and oxygen atoms in total. The molecule has 1 saturated heterocycles. The third-order valence-corrected chi connectivity index (χ3v) is 7.24. The van der Waals surface area contributed by atoms with E-state index in [2.05, 4.69) is 10.3 Å². The molecule has 0 aromatic carbocycles. The summed E-state index contributed by atoms with van der Waals surface area (Å²) >= 11 is 1.75. The fourth-order valence-corrected chi connectivity index (χ4v) is 5.53. The molecule has 0 bridgehead atoms. The first-order chi connectivity index (χ1) is 14.2. The lowest BCUT2D eigenvalue weighted by atomic mass is 9.79. The zero-order chi connectivity index (χ0) is 19.8.